The van der Waals surface area contributed by atoms with Crippen LogP contribution in [0.2, 0.25) is 5.02 Å². The van der Waals surface area contributed by atoms with Crippen molar-refractivity contribution in [1.29, 1.82) is 0 Å². The Labute approximate surface area is 186 Å². The van der Waals surface area contributed by atoms with Gasteiger partial charge in [0.1, 0.15) is 11.4 Å². The standard InChI is InChI=1S/C23H18ClF2N3O3/c1-11-14(4-7-20(31)27-11)12-2-6-19-28-21-17(30)9-16(22(21)29(19)10-12)15-8-13(24)3-5-18(15)32-23(25)26/h2-8,10,16-17,23,30H,9H2,1H3,(H,27,31)/t16-,17-/m1/s1. The molecule has 0 saturated heterocycles. The first kappa shape index (κ1) is 20.7. The van der Waals surface area contributed by atoms with Gasteiger partial charge in [-0.25, -0.2) is 4.98 Å². The molecule has 164 valence electrons. The zero-order valence-corrected chi connectivity index (χ0v) is 17.6. The lowest BCUT2D eigenvalue weighted by Gasteiger charge is -2.18. The van der Waals surface area contributed by atoms with E-state index in [1.807, 2.05) is 29.7 Å². The molecule has 3 aromatic heterocycles. The number of pyridine rings is 2. The summed E-state index contributed by atoms with van der Waals surface area (Å²) in [5.41, 5.74) is 4.46. The Kier molecular flexibility index (Phi) is 4.98. The Morgan fingerprint density at radius 2 is 2.06 bits per heavy atom. The second kappa shape index (κ2) is 7.72. The lowest BCUT2D eigenvalue weighted by atomic mass is 9.95. The minimum atomic E-state index is -2.99. The Bertz CT molecular complexity index is 1400. The van der Waals surface area contributed by atoms with E-state index < -0.39 is 18.6 Å². The number of H-pyrrole nitrogens is 1. The normalized spacial score (nSPS) is 17.8. The predicted octanol–water partition coefficient (Wildman–Crippen LogP) is 4.82. The van der Waals surface area contributed by atoms with Crippen molar-refractivity contribution in [1.82, 2.24) is 14.4 Å². The molecule has 2 N–H and O–H groups in total. The fourth-order valence-electron chi connectivity index (χ4n) is 4.44. The van der Waals surface area contributed by atoms with Crippen LogP contribution in [0.3, 0.4) is 0 Å². The highest BCUT2D eigenvalue weighted by Gasteiger charge is 2.37. The minimum absolute atomic E-state index is 0.0111. The van der Waals surface area contributed by atoms with Crippen LogP contribution in [0.4, 0.5) is 8.78 Å². The van der Waals surface area contributed by atoms with Gasteiger partial charge >= 0.3 is 6.61 Å². The number of hydrogen-bond donors (Lipinski definition) is 2. The number of aliphatic hydroxyl groups is 1. The fourth-order valence-corrected chi connectivity index (χ4v) is 4.62. The summed E-state index contributed by atoms with van der Waals surface area (Å²) in [5.74, 6) is -0.439. The average molecular weight is 458 g/mol. The number of aliphatic hydroxyl groups excluding tert-OH is 1. The van der Waals surface area contributed by atoms with Crippen LogP contribution < -0.4 is 10.3 Å². The van der Waals surface area contributed by atoms with Crippen molar-refractivity contribution in [3.05, 3.63) is 86.7 Å². The van der Waals surface area contributed by atoms with Crippen LogP contribution in [0, 0.1) is 6.92 Å². The van der Waals surface area contributed by atoms with Gasteiger partial charge in [-0.2, -0.15) is 8.78 Å². The Morgan fingerprint density at radius 1 is 1.25 bits per heavy atom. The first-order valence-electron chi connectivity index (χ1n) is 9.96. The van der Waals surface area contributed by atoms with Crippen molar-refractivity contribution in [2.45, 2.75) is 32.0 Å². The van der Waals surface area contributed by atoms with Gasteiger partial charge in [0.05, 0.1) is 17.5 Å². The number of hydrogen-bond acceptors (Lipinski definition) is 4. The smallest absolute Gasteiger partial charge is 0.387 e. The number of benzene rings is 1. The Balaban J connectivity index is 1.69. The highest BCUT2D eigenvalue weighted by atomic mass is 35.5. The van der Waals surface area contributed by atoms with E-state index >= 15 is 0 Å². The van der Waals surface area contributed by atoms with E-state index in [2.05, 4.69) is 9.97 Å². The lowest BCUT2D eigenvalue weighted by Crippen LogP contribution is -2.09. The summed E-state index contributed by atoms with van der Waals surface area (Å²) in [6.07, 6.45) is 1.28. The molecule has 0 radical (unpaired) electrons. The van der Waals surface area contributed by atoms with Crippen molar-refractivity contribution in [3.63, 3.8) is 0 Å². The maximum Gasteiger partial charge on any atom is 0.387 e. The third kappa shape index (κ3) is 3.45. The molecule has 0 saturated carbocycles. The number of nitrogens with one attached hydrogen (secondary N) is 1. The van der Waals surface area contributed by atoms with Crippen LogP contribution in [0.25, 0.3) is 16.8 Å². The van der Waals surface area contributed by atoms with E-state index in [4.69, 9.17) is 16.3 Å². The van der Waals surface area contributed by atoms with Crippen LogP contribution >= 0.6 is 11.6 Å². The number of aromatic nitrogens is 3. The van der Waals surface area contributed by atoms with Gasteiger partial charge in [-0.3, -0.25) is 4.79 Å². The molecular weight excluding hydrogens is 440 g/mol. The maximum absolute atomic E-state index is 13.0. The molecule has 32 heavy (non-hydrogen) atoms. The number of aromatic amines is 1. The van der Waals surface area contributed by atoms with E-state index in [0.717, 1.165) is 11.1 Å². The quantitative estimate of drug-likeness (QED) is 0.460. The van der Waals surface area contributed by atoms with Crippen LogP contribution in [-0.2, 0) is 0 Å². The Hall–Kier alpha value is -3.23. The first-order chi connectivity index (χ1) is 15.3. The SMILES string of the molecule is Cc1[nH]c(=O)ccc1-c1ccc2nc3c(n2c1)[C@@H](c1cc(Cl)ccc1OC(F)F)C[C@H]3O. The zero-order valence-electron chi connectivity index (χ0n) is 16.8. The number of aryl methyl sites for hydroxylation is 1. The van der Waals surface area contributed by atoms with Crippen LogP contribution in [0.15, 0.2) is 53.5 Å². The first-order valence-corrected chi connectivity index (χ1v) is 10.3. The van der Waals surface area contributed by atoms with Gasteiger partial charge in [0.25, 0.3) is 0 Å². The zero-order chi connectivity index (χ0) is 22.6. The molecule has 9 heteroatoms. The topological polar surface area (TPSA) is 79.6 Å². The summed E-state index contributed by atoms with van der Waals surface area (Å²) in [5, 5.41) is 11.1. The molecule has 0 unspecified atom stereocenters. The molecule has 0 spiro atoms. The van der Waals surface area contributed by atoms with Crippen LogP contribution in [0.5, 0.6) is 5.75 Å². The van der Waals surface area contributed by atoms with E-state index in [1.165, 1.54) is 18.2 Å². The number of rotatable bonds is 4. The highest BCUT2D eigenvalue weighted by molar-refractivity contribution is 6.30. The van der Waals surface area contributed by atoms with Crippen LogP contribution in [0.1, 0.15) is 41.1 Å². The van der Waals surface area contributed by atoms with Gasteiger partial charge in [-0.05, 0) is 49.7 Å². The summed E-state index contributed by atoms with van der Waals surface area (Å²) >= 11 is 6.17. The molecule has 4 aromatic rings. The molecule has 1 aromatic carbocycles. The minimum Gasteiger partial charge on any atom is -0.435 e. The maximum atomic E-state index is 13.0. The van der Waals surface area contributed by atoms with Gasteiger partial charge in [-0.1, -0.05) is 11.6 Å². The van der Waals surface area contributed by atoms with E-state index in [-0.39, 0.29) is 17.7 Å². The molecule has 0 amide bonds. The summed E-state index contributed by atoms with van der Waals surface area (Å²) in [6, 6.07) is 11.4. The van der Waals surface area contributed by atoms with Crippen molar-refractivity contribution in [3.8, 4) is 16.9 Å². The second-order valence-corrected chi connectivity index (χ2v) is 8.19. The molecule has 2 atom stereocenters. The number of imidazole rings is 1. The molecule has 3 heterocycles. The van der Waals surface area contributed by atoms with Gasteiger partial charge in [0.2, 0.25) is 5.56 Å². The number of halogens is 3. The average Bonchev–Trinajstić information content (AvgIpc) is 3.26. The third-order valence-electron chi connectivity index (χ3n) is 5.78. The number of fused-ring (bicyclic) bond motifs is 3. The van der Waals surface area contributed by atoms with Gasteiger partial charge in [0, 0.05) is 45.6 Å². The summed E-state index contributed by atoms with van der Waals surface area (Å²) in [7, 11) is 0. The lowest BCUT2D eigenvalue weighted by molar-refractivity contribution is -0.0505. The number of alkyl halides is 2. The van der Waals surface area contributed by atoms with E-state index in [9.17, 15) is 18.7 Å². The molecule has 5 rings (SSSR count). The van der Waals surface area contributed by atoms with Crippen molar-refractivity contribution in [2.24, 2.45) is 0 Å². The Morgan fingerprint density at radius 3 is 2.81 bits per heavy atom. The summed E-state index contributed by atoms with van der Waals surface area (Å²) < 4.78 is 32.6. The van der Waals surface area contributed by atoms with Crippen molar-refractivity contribution >= 4 is 17.2 Å². The van der Waals surface area contributed by atoms with Crippen molar-refractivity contribution < 1.29 is 18.6 Å². The molecule has 0 fully saturated rings. The number of nitrogens with zero attached hydrogens (tertiary/aromatic N) is 2. The highest BCUT2D eigenvalue weighted by Crippen LogP contribution is 2.47. The molecular formula is C23H18ClF2N3O3. The monoisotopic (exact) mass is 457 g/mol. The summed E-state index contributed by atoms with van der Waals surface area (Å²) in [6.45, 7) is -1.18. The van der Waals surface area contributed by atoms with Crippen LogP contribution in [-0.4, -0.2) is 26.1 Å². The van der Waals surface area contributed by atoms with Gasteiger partial charge < -0.3 is 19.2 Å². The fraction of sp³-hybridized carbons (Fsp3) is 0.217. The van der Waals surface area contributed by atoms with E-state index in [0.29, 0.717) is 33.3 Å². The molecule has 1 aliphatic carbocycles. The molecule has 0 aliphatic heterocycles. The molecule has 0 bridgehead atoms. The molecule has 1 aliphatic rings. The second-order valence-electron chi connectivity index (χ2n) is 7.75. The van der Waals surface area contributed by atoms with Gasteiger partial charge in [0.15, 0.2) is 0 Å². The predicted molar refractivity (Wildman–Crippen MR) is 115 cm³/mol. The summed E-state index contributed by atoms with van der Waals surface area (Å²) in [4.78, 5) is 18.9. The van der Waals surface area contributed by atoms with E-state index in [1.54, 1.807) is 12.1 Å². The third-order valence-corrected chi connectivity index (χ3v) is 6.01. The largest absolute Gasteiger partial charge is 0.435 e. The molecule has 6 nitrogen and oxygen atoms in total. The van der Waals surface area contributed by atoms with Gasteiger partial charge in [-0.15, -0.1) is 0 Å². The number of ether oxygens (including phenoxy) is 1. The van der Waals surface area contributed by atoms with Crippen molar-refractivity contribution in [2.75, 3.05) is 0 Å².